The first kappa shape index (κ1) is 10.7. The second kappa shape index (κ2) is 3.79. The molecule has 78 valence electrons. The first-order chi connectivity index (χ1) is 6.37. The summed E-state index contributed by atoms with van der Waals surface area (Å²) in [6, 6.07) is 1.74. The number of carbonyl (C=O) groups excluding carboxylic acids is 1. The smallest absolute Gasteiger partial charge is 0.227 e. The van der Waals surface area contributed by atoms with Crippen molar-refractivity contribution in [2.75, 3.05) is 5.32 Å². The number of amides is 1. The van der Waals surface area contributed by atoms with Gasteiger partial charge < -0.3 is 11.1 Å². The van der Waals surface area contributed by atoms with Crippen LogP contribution in [0.2, 0.25) is 0 Å². The van der Waals surface area contributed by atoms with Gasteiger partial charge in [-0.2, -0.15) is 5.10 Å². The highest BCUT2D eigenvalue weighted by Gasteiger charge is 2.16. The van der Waals surface area contributed by atoms with E-state index in [1.54, 1.807) is 24.0 Å². The SMILES string of the molecule is Cn1ccc(NC(=O)CC(C)(C)N)n1. The third-order valence-corrected chi connectivity index (χ3v) is 1.60. The monoisotopic (exact) mass is 196 g/mol. The highest BCUT2D eigenvalue weighted by Crippen LogP contribution is 2.07. The molecular formula is C9H16N4O. The number of anilines is 1. The lowest BCUT2D eigenvalue weighted by molar-refractivity contribution is -0.117. The van der Waals surface area contributed by atoms with E-state index in [9.17, 15) is 4.79 Å². The number of hydrogen-bond acceptors (Lipinski definition) is 3. The maximum Gasteiger partial charge on any atom is 0.227 e. The Hall–Kier alpha value is -1.36. The number of aryl methyl sites for hydroxylation is 1. The van der Waals surface area contributed by atoms with Crippen LogP contribution in [-0.4, -0.2) is 21.2 Å². The number of carbonyl (C=O) groups is 1. The minimum Gasteiger partial charge on any atom is -0.325 e. The van der Waals surface area contributed by atoms with Crippen molar-refractivity contribution >= 4 is 11.7 Å². The van der Waals surface area contributed by atoms with Crippen molar-refractivity contribution in [3.8, 4) is 0 Å². The molecule has 1 heterocycles. The highest BCUT2D eigenvalue weighted by atomic mass is 16.1. The van der Waals surface area contributed by atoms with E-state index in [2.05, 4.69) is 10.4 Å². The van der Waals surface area contributed by atoms with Crippen molar-refractivity contribution in [2.45, 2.75) is 25.8 Å². The van der Waals surface area contributed by atoms with Gasteiger partial charge in [-0.25, -0.2) is 0 Å². The highest BCUT2D eigenvalue weighted by molar-refractivity contribution is 5.90. The summed E-state index contributed by atoms with van der Waals surface area (Å²) in [5, 5.41) is 6.69. The zero-order valence-corrected chi connectivity index (χ0v) is 8.74. The Labute approximate surface area is 83.3 Å². The predicted molar refractivity (Wildman–Crippen MR) is 54.7 cm³/mol. The lowest BCUT2D eigenvalue weighted by Gasteiger charge is -2.16. The molecule has 0 aliphatic carbocycles. The van der Waals surface area contributed by atoms with Gasteiger partial charge in [-0.15, -0.1) is 0 Å². The van der Waals surface area contributed by atoms with Gasteiger partial charge in [0.2, 0.25) is 5.91 Å². The molecule has 5 nitrogen and oxygen atoms in total. The van der Waals surface area contributed by atoms with Crippen LogP contribution in [0.4, 0.5) is 5.82 Å². The average Bonchev–Trinajstić information content (AvgIpc) is 2.30. The van der Waals surface area contributed by atoms with Gasteiger partial charge in [-0.1, -0.05) is 0 Å². The number of hydrogen-bond donors (Lipinski definition) is 2. The molecular weight excluding hydrogens is 180 g/mol. The van der Waals surface area contributed by atoms with Crippen LogP contribution in [0.3, 0.4) is 0 Å². The Morgan fingerprint density at radius 2 is 2.36 bits per heavy atom. The Kier molecular flexibility index (Phi) is 2.90. The molecule has 0 fully saturated rings. The average molecular weight is 196 g/mol. The first-order valence-corrected chi connectivity index (χ1v) is 4.45. The zero-order chi connectivity index (χ0) is 10.8. The number of nitrogens with zero attached hydrogens (tertiary/aromatic N) is 2. The summed E-state index contributed by atoms with van der Waals surface area (Å²) >= 11 is 0. The minimum absolute atomic E-state index is 0.115. The lowest BCUT2D eigenvalue weighted by atomic mass is 10.0. The van der Waals surface area contributed by atoms with E-state index in [1.165, 1.54) is 0 Å². The van der Waals surface area contributed by atoms with Gasteiger partial charge in [-0.3, -0.25) is 9.48 Å². The molecule has 0 saturated carbocycles. The first-order valence-electron chi connectivity index (χ1n) is 4.45. The lowest BCUT2D eigenvalue weighted by Crippen LogP contribution is -2.36. The van der Waals surface area contributed by atoms with Crippen molar-refractivity contribution < 1.29 is 4.79 Å². The molecule has 0 aliphatic heterocycles. The molecule has 0 spiro atoms. The quantitative estimate of drug-likeness (QED) is 0.738. The third kappa shape index (κ3) is 3.57. The summed E-state index contributed by atoms with van der Waals surface area (Å²) < 4.78 is 1.63. The van der Waals surface area contributed by atoms with Gasteiger partial charge in [0.05, 0.1) is 0 Å². The molecule has 0 aromatic carbocycles. The number of aromatic nitrogens is 2. The van der Waals surface area contributed by atoms with Gasteiger partial charge in [0.1, 0.15) is 0 Å². The third-order valence-electron chi connectivity index (χ3n) is 1.60. The Morgan fingerprint density at radius 3 is 2.79 bits per heavy atom. The van der Waals surface area contributed by atoms with E-state index in [1.807, 2.05) is 13.8 Å². The summed E-state index contributed by atoms with van der Waals surface area (Å²) in [4.78, 5) is 11.4. The van der Waals surface area contributed by atoms with Crippen molar-refractivity contribution in [3.05, 3.63) is 12.3 Å². The normalized spacial score (nSPS) is 11.4. The van der Waals surface area contributed by atoms with Gasteiger partial charge in [0.25, 0.3) is 0 Å². The van der Waals surface area contributed by atoms with E-state index >= 15 is 0 Å². The second-order valence-electron chi connectivity index (χ2n) is 4.09. The summed E-state index contributed by atoms with van der Waals surface area (Å²) in [6.45, 7) is 3.62. The molecule has 5 heteroatoms. The fourth-order valence-electron chi connectivity index (χ4n) is 1.08. The van der Waals surface area contributed by atoms with E-state index in [4.69, 9.17) is 5.73 Å². The maximum atomic E-state index is 11.4. The summed E-state index contributed by atoms with van der Waals surface area (Å²) in [5.74, 6) is 0.443. The number of nitrogens with one attached hydrogen (secondary N) is 1. The molecule has 1 amide bonds. The van der Waals surface area contributed by atoms with Crippen molar-refractivity contribution in [3.63, 3.8) is 0 Å². The molecule has 0 radical (unpaired) electrons. The predicted octanol–water partition coefficient (Wildman–Crippen LogP) is 0.486. The van der Waals surface area contributed by atoms with E-state index in [-0.39, 0.29) is 12.3 Å². The summed E-state index contributed by atoms with van der Waals surface area (Å²) in [7, 11) is 1.79. The van der Waals surface area contributed by atoms with Crippen LogP contribution < -0.4 is 11.1 Å². The topological polar surface area (TPSA) is 72.9 Å². The van der Waals surface area contributed by atoms with Crippen LogP contribution in [0.25, 0.3) is 0 Å². The summed E-state index contributed by atoms with van der Waals surface area (Å²) in [6.07, 6.45) is 2.05. The number of rotatable bonds is 3. The number of nitrogens with two attached hydrogens (primary N) is 1. The van der Waals surface area contributed by atoms with Crippen LogP contribution in [0.5, 0.6) is 0 Å². The largest absolute Gasteiger partial charge is 0.325 e. The molecule has 0 unspecified atom stereocenters. The van der Waals surface area contributed by atoms with Gasteiger partial charge in [0, 0.05) is 31.3 Å². The molecule has 1 aromatic rings. The Balaban J connectivity index is 2.50. The van der Waals surface area contributed by atoms with Gasteiger partial charge >= 0.3 is 0 Å². The fraction of sp³-hybridized carbons (Fsp3) is 0.556. The molecule has 0 atom stereocenters. The van der Waals surface area contributed by atoms with Gasteiger partial charge in [-0.05, 0) is 13.8 Å². The standard InChI is InChI=1S/C9H16N4O/c1-9(2,10)6-8(14)11-7-4-5-13(3)12-7/h4-5H,6,10H2,1-3H3,(H,11,12,14). The van der Waals surface area contributed by atoms with Crippen molar-refractivity contribution in [1.29, 1.82) is 0 Å². The fourth-order valence-corrected chi connectivity index (χ4v) is 1.08. The van der Waals surface area contributed by atoms with Crippen LogP contribution >= 0.6 is 0 Å². The van der Waals surface area contributed by atoms with Crippen LogP contribution in [0.15, 0.2) is 12.3 Å². The minimum atomic E-state index is -0.487. The van der Waals surface area contributed by atoms with Gasteiger partial charge in [0.15, 0.2) is 5.82 Å². The molecule has 1 rings (SSSR count). The molecule has 0 aliphatic rings. The summed E-state index contributed by atoms with van der Waals surface area (Å²) in [5.41, 5.74) is 5.22. The van der Waals surface area contributed by atoms with E-state index in [0.29, 0.717) is 5.82 Å². The van der Waals surface area contributed by atoms with E-state index < -0.39 is 5.54 Å². The Morgan fingerprint density at radius 1 is 1.71 bits per heavy atom. The zero-order valence-electron chi connectivity index (χ0n) is 8.74. The molecule has 0 bridgehead atoms. The van der Waals surface area contributed by atoms with Crippen molar-refractivity contribution in [1.82, 2.24) is 9.78 Å². The van der Waals surface area contributed by atoms with Crippen LogP contribution in [-0.2, 0) is 11.8 Å². The van der Waals surface area contributed by atoms with Crippen molar-refractivity contribution in [2.24, 2.45) is 12.8 Å². The molecule has 1 aromatic heterocycles. The molecule has 3 N–H and O–H groups in total. The Bertz CT molecular complexity index is 324. The van der Waals surface area contributed by atoms with E-state index in [0.717, 1.165) is 0 Å². The maximum absolute atomic E-state index is 11.4. The molecule has 0 saturated heterocycles. The molecule has 14 heavy (non-hydrogen) atoms. The van der Waals surface area contributed by atoms with Crippen LogP contribution in [0.1, 0.15) is 20.3 Å². The van der Waals surface area contributed by atoms with Crippen LogP contribution in [0, 0.1) is 0 Å². The second-order valence-corrected chi connectivity index (χ2v) is 4.09.